The molecule has 0 aromatic carbocycles. The third-order valence-electron chi connectivity index (χ3n) is 2.27. The van der Waals surface area contributed by atoms with Gasteiger partial charge in [0, 0.05) is 11.6 Å². The molecule has 0 saturated carbocycles. The van der Waals surface area contributed by atoms with Crippen LogP contribution in [0.2, 0.25) is 0 Å². The number of unbranched alkanes of at least 4 members (excludes halogenated alkanes) is 6. The van der Waals surface area contributed by atoms with Crippen molar-refractivity contribution < 1.29 is 0 Å². The van der Waals surface area contributed by atoms with Crippen molar-refractivity contribution in [3.63, 3.8) is 0 Å². The van der Waals surface area contributed by atoms with E-state index < -0.39 is 0 Å². The second kappa shape index (κ2) is 11.1. The molecule has 0 aliphatic carbocycles. The molecule has 0 aromatic heterocycles. The van der Waals surface area contributed by atoms with E-state index in [1.807, 2.05) is 0 Å². The zero-order chi connectivity index (χ0) is 10.6. The number of rotatable bonds is 10. The van der Waals surface area contributed by atoms with E-state index in [1.54, 1.807) is 0 Å². The molecule has 0 atom stereocenters. The summed E-state index contributed by atoms with van der Waals surface area (Å²) in [5, 5.41) is 3.96. The molecule has 14 heavy (non-hydrogen) atoms. The maximum atomic E-state index is 5.62. The largest absolute Gasteiger partial charge is 0.312 e. The molecule has 1 N–H and O–H groups in total. The highest BCUT2D eigenvalue weighted by atomic mass is 35.5. The van der Waals surface area contributed by atoms with Crippen LogP contribution in [0.25, 0.3) is 0 Å². The first kappa shape index (κ1) is 14.0. The molecule has 0 aliphatic heterocycles. The molecule has 0 saturated heterocycles. The van der Waals surface area contributed by atoms with E-state index in [-0.39, 0.29) is 0 Å². The Labute approximate surface area is 93.9 Å². The van der Waals surface area contributed by atoms with Gasteiger partial charge in [-0.05, 0) is 13.0 Å². The standard InChI is InChI=1S/C12H24ClN/c1-3-4-5-6-7-8-9-10-14-11-12(2)13/h14H,2-11H2,1H3. The molecule has 0 heterocycles. The lowest BCUT2D eigenvalue weighted by Crippen LogP contribution is -2.16. The number of hydrogen-bond acceptors (Lipinski definition) is 1. The van der Waals surface area contributed by atoms with E-state index >= 15 is 0 Å². The van der Waals surface area contributed by atoms with Gasteiger partial charge in [0.2, 0.25) is 0 Å². The lowest BCUT2D eigenvalue weighted by Gasteiger charge is -2.03. The Bertz CT molecular complexity index is 134. The van der Waals surface area contributed by atoms with Crippen LogP contribution in [0.3, 0.4) is 0 Å². The van der Waals surface area contributed by atoms with Gasteiger partial charge in [-0.1, -0.05) is 63.6 Å². The minimum atomic E-state index is 0.702. The summed E-state index contributed by atoms with van der Waals surface area (Å²) in [7, 11) is 0. The third-order valence-corrected chi connectivity index (χ3v) is 2.41. The van der Waals surface area contributed by atoms with Crippen LogP contribution in [-0.2, 0) is 0 Å². The van der Waals surface area contributed by atoms with Crippen LogP contribution in [-0.4, -0.2) is 13.1 Å². The fourth-order valence-corrected chi connectivity index (χ4v) is 1.53. The molecule has 0 rings (SSSR count). The summed E-state index contributed by atoms with van der Waals surface area (Å²) < 4.78 is 0. The maximum Gasteiger partial charge on any atom is 0.0307 e. The predicted octanol–water partition coefficient (Wildman–Crippen LogP) is 4.08. The van der Waals surface area contributed by atoms with E-state index in [0.717, 1.165) is 13.1 Å². The molecule has 0 fully saturated rings. The van der Waals surface area contributed by atoms with Crippen LogP contribution in [0.5, 0.6) is 0 Å². The molecular weight excluding hydrogens is 194 g/mol. The van der Waals surface area contributed by atoms with Gasteiger partial charge in [0.15, 0.2) is 0 Å². The highest BCUT2D eigenvalue weighted by Crippen LogP contribution is 2.06. The summed E-state index contributed by atoms with van der Waals surface area (Å²) in [6.07, 6.45) is 9.51. The monoisotopic (exact) mass is 217 g/mol. The van der Waals surface area contributed by atoms with Crippen molar-refractivity contribution in [3.05, 3.63) is 11.6 Å². The van der Waals surface area contributed by atoms with Crippen LogP contribution in [0.4, 0.5) is 0 Å². The maximum absolute atomic E-state index is 5.62. The fraction of sp³-hybridized carbons (Fsp3) is 0.833. The van der Waals surface area contributed by atoms with Gasteiger partial charge in [-0.25, -0.2) is 0 Å². The molecule has 0 amide bonds. The molecule has 0 bridgehead atoms. The zero-order valence-corrected chi connectivity index (χ0v) is 10.2. The molecule has 0 radical (unpaired) electrons. The lowest BCUT2D eigenvalue weighted by molar-refractivity contribution is 0.572. The van der Waals surface area contributed by atoms with Gasteiger partial charge < -0.3 is 5.32 Å². The Hall–Kier alpha value is -0.0100. The molecule has 0 aliphatic rings. The molecular formula is C12H24ClN. The van der Waals surface area contributed by atoms with E-state index in [1.165, 1.54) is 44.9 Å². The average molecular weight is 218 g/mol. The molecule has 84 valence electrons. The third kappa shape index (κ3) is 12.0. The van der Waals surface area contributed by atoms with Gasteiger partial charge in [0.25, 0.3) is 0 Å². The highest BCUT2D eigenvalue weighted by Gasteiger charge is 1.91. The molecule has 0 aromatic rings. The Balaban J connectivity index is 2.88. The first-order valence-electron chi connectivity index (χ1n) is 5.81. The van der Waals surface area contributed by atoms with Crippen LogP contribution < -0.4 is 5.32 Å². The van der Waals surface area contributed by atoms with Gasteiger partial charge in [-0.15, -0.1) is 0 Å². The Morgan fingerprint density at radius 2 is 1.64 bits per heavy atom. The molecule has 0 unspecified atom stereocenters. The summed E-state index contributed by atoms with van der Waals surface area (Å²) >= 11 is 5.62. The number of halogens is 1. The molecule has 0 spiro atoms. The van der Waals surface area contributed by atoms with E-state index in [2.05, 4.69) is 18.8 Å². The Morgan fingerprint density at radius 1 is 1.07 bits per heavy atom. The number of hydrogen-bond donors (Lipinski definition) is 1. The van der Waals surface area contributed by atoms with Crippen molar-refractivity contribution >= 4 is 11.6 Å². The smallest absolute Gasteiger partial charge is 0.0307 e. The summed E-state index contributed by atoms with van der Waals surface area (Å²) in [6.45, 7) is 7.70. The van der Waals surface area contributed by atoms with Gasteiger partial charge in [-0.2, -0.15) is 0 Å². The summed E-state index contributed by atoms with van der Waals surface area (Å²) in [5.41, 5.74) is 0. The second-order valence-corrected chi connectivity index (χ2v) is 4.35. The van der Waals surface area contributed by atoms with Crippen LogP contribution in [0.1, 0.15) is 51.9 Å². The Kier molecular flexibility index (Phi) is 11.1. The Morgan fingerprint density at radius 3 is 2.21 bits per heavy atom. The minimum Gasteiger partial charge on any atom is -0.312 e. The van der Waals surface area contributed by atoms with Crippen LogP contribution in [0, 0.1) is 0 Å². The predicted molar refractivity (Wildman–Crippen MR) is 65.9 cm³/mol. The quantitative estimate of drug-likeness (QED) is 0.544. The van der Waals surface area contributed by atoms with Crippen LogP contribution in [0.15, 0.2) is 11.6 Å². The molecule has 2 heteroatoms. The van der Waals surface area contributed by atoms with Gasteiger partial charge in [0.05, 0.1) is 0 Å². The van der Waals surface area contributed by atoms with Gasteiger partial charge >= 0.3 is 0 Å². The normalized spacial score (nSPS) is 10.4. The number of nitrogens with one attached hydrogen (secondary N) is 1. The zero-order valence-electron chi connectivity index (χ0n) is 9.45. The van der Waals surface area contributed by atoms with Crippen molar-refractivity contribution in [3.8, 4) is 0 Å². The lowest BCUT2D eigenvalue weighted by atomic mass is 10.1. The van der Waals surface area contributed by atoms with Crippen molar-refractivity contribution in [2.45, 2.75) is 51.9 Å². The van der Waals surface area contributed by atoms with Crippen molar-refractivity contribution in [2.24, 2.45) is 0 Å². The highest BCUT2D eigenvalue weighted by molar-refractivity contribution is 6.29. The van der Waals surface area contributed by atoms with Crippen LogP contribution >= 0.6 is 11.6 Å². The van der Waals surface area contributed by atoms with E-state index in [9.17, 15) is 0 Å². The second-order valence-electron chi connectivity index (χ2n) is 3.82. The first-order valence-corrected chi connectivity index (χ1v) is 6.19. The summed E-state index contributed by atoms with van der Waals surface area (Å²) in [5.74, 6) is 0. The SMILES string of the molecule is C=C(Cl)CNCCCCCCCCC. The van der Waals surface area contributed by atoms with Gasteiger partial charge in [-0.3, -0.25) is 0 Å². The first-order chi connectivity index (χ1) is 6.77. The topological polar surface area (TPSA) is 12.0 Å². The minimum absolute atomic E-state index is 0.702. The average Bonchev–Trinajstić information content (AvgIpc) is 2.15. The summed E-state index contributed by atoms with van der Waals surface area (Å²) in [4.78, 5) is 0. The fourth-order valence-electron chi connectivity index (χ4n) is 1.43. The van der Waals surface area contributed by atoms with Crippen molar-refractivity contribution in [1.29, 1.82) is 0 Å². The van der Waals surface area contributed by atoms with Crippen molar-refractivity contribution in [1.82, 2.24) is 5.32 Å². The molecule has 1 nitrogen and oxygen atoms in total. The van der Waals surface area contributed by atoms with E-state index in [4.69, 9.17) is 11.6 Å². The van der Waals surface area contributed by atoms with Gasteiger partial charge in [0.1, 0.15) is 0 Å². The van der Waals surface area contributed by atoms with Crippen molar-refractivity contribution in [2.75, 3.05) is 13.1 Å². The van der Waals surface area contributed by atoms with E-state index in [0.29, 0.717) is 5.03 Å². The summed E-state index contributed by atoms with van der Waals surface area (Å²) in [6, 6.07) is 0.